The van der Waals surface area contributed by atoms with E-state index in [0.29, 0.717) is 11.4 Å². The molecule has 176 valence electrons. The van der Waals surface area contributed by atoms with Crippen molar-refractivity contribution in [1.82, 2.24) is 9.91 Å². The van der Waals surface area contributed by atoms with Gasteiger partial charge in [-0.05, 0) is 35.2 Å². The topological polar surface area (TPSA) is 62.2 Å². The van der Waals surface area contributed by atoms with Crippen molar-refractivity contribution in [2.75, 3.05) is 26.8 Å². The van der Waals surface area contributed by atoms with Gasteiger partial charge in [0.2, 0.25) is 0 Å². The third kappa shape index (κ3) is 5.19. The van der Waals surface area contributed by atoms with Crippen molar-refractivity contribution in [2.45, 2.75) is 12.5 Å². The molecule has 0 aliphatic carbocycles. The molecule has 6 nitrogen and oxygen atoms in total. The maximum atomic E-state index is 14.3. The molecule has 0 saturated carbocycles. The number of nitrogens with zero attached hydrogens (tertiary/aromatic N) is 3. The Hall–Kier alpha value is -3.07. The van der Waals surface area contributed by atoms with Crippen molar-refractivity contribution in [3.05, 3.63) is 92.9 Å². The molecule has 2 aromatic carbocycles. The second kappa shape index (κ2) is 10.9. The minimum absolute atomic E-state index is 0.0988. The van der Waals surface area contributed by atoms with Crippen LogP contribution in [0.3, 0.4) is 0 Å². The molecule has 1 aromatic heterocycles. The Balaban J connectivity index is 1.63. The standard InChI is InChI=1S/C25H23ClFN3O3S/c1-33-13-12-29(25(32)18-8-3-5-10-20(18)27)16-24(31)30-22(17-7-2-4-9-19(17)26)15-21(28-30)23-11-6-14-34-23/h2-11,14,22H,12-13,15-16H2,1H3/t22-/m0/s1. The molecule has 1 aliphatic rings. The zero-order valence-corrected chi connectivity index (χ0v) is 20.1. The van der Waals surface area contributed by atoms with Gasteiger partial charge in [-0.2, -0.15) is 5.10 Å². The first-order valence-corrected chi connectivity index (χ1v) is 12.0. The first-order chi connectivity index (χ1) is 16.5. The Bertz CT molecular complexity index is 1200. The molecule has 0 spiro atoms. The van der Waals surface area contributed by atoms with E-state index in [0.717, 1.165) is 16.2 Å². The Labute approximate surface area is 206 Å². The molecular weight excluding hydrogens is 477 g/mol. The summed E-state index contributed by atoms with van der Waals surface area (Å²) < 4.78 is 19.4. The lowest BCUT2D eigenvalue weighted by Crippen LogP contribution is -2.43. The lowest BCUT2D eigenvalue weighted by molar-refractivity contribution is -0.133. The van der Waals surface area contributed by atoms with Gasteiger partial charge < -0.3 is 9.64 Å². The Morgan fingerprint density at radius 2 is 1.94 bits per heavy atom. The molecule has 0 N–H and O–H groups in total. The molecule has 2 heterocycles. The van der Waals surface area contributed by atoms with Gasteiger partial charge in [0.15, 0.2) is 0 Å². The van der Waals surface area contributed by atoms with Crippen molar-refractivity contribution in [3.8, 4) is 0 Å². The zero-order valence-electron chi connectivity index (χ0n) is 18.5. The van der Waals surface area contributed by atoms with Gasteiger partial charge in [-0.15, -0.1) is 11.3 Å². The van der Waals surface area contributed by atoms with E-state index in [2.05, 4.69) is 5.10 Å². The molecule has 1 atom stereocenters. The van der Waals surface area contributed by atoms with Gasteiger partial charge in [-0.1, -0.05) is 48.0 Å². The van der Waals surface area contributed by atoms with Crippen LogP contribution in [-0.4, -0.2) is 54.2 Å². The van der Waals surface area contributed by atoms with E-state index >= 15 is 0 Å². The first-order valence-electron chi connectivity index (χ1n) is 10.7. The summed E-state index contributed by atoms with van der Waals surface area (Å²) in [5.74, 6) is -1.62. The number of hydrogen-bond donors (Lipinski definition) is 0. The molecule has 9 heteroatoms. The second-order valence-corrected chi connectivity index (χ2v) is 9.06. The lowest BCUT2D eigenvalue weighted by Gasteiger charge is -2.27. The maximum Gasteiger partial charge on any atom is 0.262 e. The normalized spacial score (nSPS) is 15.3. The molecule has 0 radical (unpaired) electrons. The van der Waals surface area contributed by atoms with E-state index in [4.69, 9.17) is 16.3 Å². The van der Waals surface area contributed by atoms with Crippen LogP contribution in [0.2, 0.25) is 5.02 Å². The highest BCUT2D eigenvalue weighted by Gasteiger charge is 2.35. The monoisotopic (exact) mass is 499 g/mol. The number of carbonyl (C=O) groups is 2. The SMILES string of the molecule is COCCN(CC(=O)N1N=C(c2cccs2)C[C@H]1c1ccccc1Cl)C(=O)c1ccccc1F. The van der Waals surface area contributed by atoms with Gasteiger partial charge in [0.1, 0.15) is 12.4 Å². The zero-order chi connectivity index (χ0) is 24.1. The molecule has 0 saturated heterocycles. The number of ether oxygens (including phenoxy) is 1. The molecule has 0 unspecified atom stereocenters. The largest absolute Gasteiger partial charge is 0.383 e. The Morgan fingerprint density at radius 3 is 2.65 bits per heavy atom. The van der Waals surface area contributed by atoms with Crippen LogP contribution in [0.4, 0.5) is 4.39 Å². The summed E-state index contributed by atoms with van der Waals surface area (Å²) >= 11 is 8.00. The average Bonchev–Trinajstić information content (AvgIpc) is 3.52. The fourth-order valence-electron chi connectivity index (χ4n) is 3.81. The Morgan fingerprint density at radius 1 is 1.18 bits per heavy atom. The first kappa shape index (κ1) is 24.1. The molecule has 0 fully saturated rings. The van der Waals surface area contributed by atoms with Crippen LogP contribution in [0, 0.1) is 5.82 Å². The summed E-state index contributed by atoms with van der Waals surface area (Å²) in [6.45, 7) is 0.0470. The van der Waals surface area contributed by atoms with Crippen LogP contribution in [0.1, 0.15) is 33.3 Å². The number of thiophene rings is 1. The third-order valence-electron chi connectivity index (χ3n) is 5.52. The van der Waals surface area contributed by atoms with E-state index in [9.17, 15) is 14.0 Å². The van der Waals surface area contributed by atoms with Crippen molar-refractivity contribution >= 4 is 40.5 Å². The van der Waals surface area contributed by atoms with Crippen molar-refractivity contribution in [1.29, 1.82) is 0 Å². The predicted molar refractivity (Wildman–Crippen MR) is 131 cm³/mol. The van der Waals surface area contributed by atoms with E-state index in [1.165, 1.54) is 46.6 Å². The van der Waals surface area contributed by atoms with Gasteiger partial charge >= 0.3 is 0 Å². The number of methoxy groups -OCH3 is 1. The number of hydrazone groups is 1. The molecule has 2 amide bonds. The fraction of sp³-hybridized carbons (Fsp3) is 0.240. The average molecular weight is 500 g/mol. The molecule has 1 aliphatic heterocycles. The van der Waals surface area contributed by atoms with Crippen LogP contribution in [0.25, 0.3) is 0 Å². The molecule has 0 bridgehead atoms. The number of hydrogen-bond acceptors (Lipinski definition) is 5. The van der Waals surface area contributed by atoms with Crippen LogP contribution < -0.4 is 0 Å². The molecule has 4 rings (SSSR count). The van der Waals surface area contributed by atoms with Gasteiger partial charge in [0, 0.05) is 25.1 Å². The third-order valence-corrected chi connectivity index (χ3v) is 6.78. The van der Waals surface area contributed by atoms with Crippen molar-refractivity contribution < 1.29 is 18.7 Å². The molecule has 34 heavy (non-hydrogen) atoms. The predicted octanol–water partition coefficient (Wildman–Crippen LogP) is 5.01. The van der Waals surface area contributed by atoms with Gasteiger partial charge in [-0.25, -0.2) is 9.40 Å². The summed E-state index contributed by atoms with van der Waals surface area (Å²) in [7, 11) is 1.50. The Kier molecular flexibility index (Phi) is 7.72. The highest BCUT2D eigenvalue weighted by atomic mass is 35.5. The fourth-order valence-corrected chi connectivity index (χ4v) is 4.80. The van der Waals surface area contributed by atoms with Gasteiger partial charge in [0.25, 0.3) is 11.8 Å². The van der Waals surface area contributed by atoms with E-state index in [1.807, 2.05) is 35.7 Å². The second-order valence-electron chi connectivity index (χ2n) is 7.70. The highest BCUT2D eigenvalue weighted by molar-refractivity contribution is 7.12. The van der Waals surface area contributed by atoms with Crippen LogP contribution in [-0.2, 0) is 9.53 Å². The molecule has 3 aromatic rings. The summed E-state index contributed by atoms with van der Waals surface area (Å²) in [5, 5.41) is 8.50. The maximum absolute atomic E-state index is 14.3. The van der Waals surface area contributed by atoms with Gasteiger partial charge in [0.05, 0.1) is 28.8 Å². The number of amides is 2. The molecular formula is C25H23ClFN3O3S. The summed E-state index contributed by atoms with van der Waals surface area (Å²) in [6, 6.07) is 16.5. The number of benzene rings is 2. The highest BCUT2D eigenvalue weighted by Crippen LogP contribution is 2.37. The lowest BCUT2D eigenvalue weighted by atomic mass is 10.0. The van der Waals surface area contributed by atoms with Crippen LogP contribution in [0.5, 0.6) is 0 Å². The van der Waals surface area contributed by atoms with Crippen LogP contribution in [0.15, 0.2) is 71.1 Å². The summed E-state index contributed by atoms with van der Waals surface area (Å²) in [6.07, 6.45) is 0.495. The van der Waals surface area contributed by atoms with Gasteiger partial charge in [-0.3, -0.25) is 9.59 Å². The number of rotatable bonds is 8. The number of carbonyl (C=O) groups excluding carboxylic acids is 2. The number of halogens is 2. The van der Waals surface area contributed by atoms with Crippen molar-refractivity contribution in [3.63, 3.8) is 0 Å². The van der Waals surface area contributed by atoms with Crippen LogP contribution >= 0.6 is 22.9 Å². The summed E-state index contributed by atoms with van der Waals surface area (Å²) in [5.41, 5.74) is 1.45. The van der Waals surface area contributed by atoms with E-state index in [-0.39, 0.29) is 25.3 Å². The van der Waals surface area contributed by atoms with E-state index in [1.54, 1.807) is 12.1 Å². The minimum Gasteiger partial charge on any atom is -0.383 e. The minimum atomic E-state index is -0.643. The van der Waals surface area contributed by atoms with Crippen molar-refractivity contribution in [2.24, 2.45) is 5.10 Å². The quantitative estimate of drug-likeness (QED) is 0.438. The summed E-state index contributed by atoms with van der Waals surface area (Å²) in [4.78, 5) is 28.8. The van der Waals surface area contributed by atoms with E-state index < -0.39 is 23.7 Å². The smallest absolute Gasteiger partial charge is 0.262 e.